The van der Waals surface area contributed by atoms with Gasteiger partial charge in [-0.15, -0.1) is 0 Å². The summed E-state index contributed by atoms with van der Waals surface area (Å²) in [7, 11) is 0. The fraction of sp³-hybridized carbons (Fsp3) is 0.267. The van der Waals surface area contributed by atoms with Crippen LogP contribution in [0.4, 0.5) is 21.0 Å². The molecule has 0 saturated heterocycles. The summed E-state index contributed by atoms with van der Waals surface area (Å²) in [6.07, 6.45) is 0. The van der Waals surface area contributed by atoms with Crippen LogP contribution in [-0.2, 0) is 0 Å². The van der Waals surface area contributed by atoms with Crippen LogP contribution in [0.3, 0.4) is 0 Å². The SMILES string of the molecule is CC(C)(C)NC(=O)Nc1cccc2ccc(-c3ccc4cccc(NC(=O)NC(C)(C)C)c4c3)cc12. The molecule has 0 spiro atoms. The van der Waals surface area contributed by atoms with E-state index < -0.39 is 0 Å². The van der Waals surface area contributed by atoms with Crippen molar-refractivity contribution in [2.45, 2.75) is 52.6 Å². The second kappa shape index (κ2) is 9.53. The monoisotopic (exact) mass is 482 g/mol. The van der Waals surface area contributed by atoms with Gasteiger partial charge in [0.1, 0.15) is 0 Å². The first-order valence-corrected chi connectivity index (χ1v) is 12.1. The van der Waals surface area contributed by atoms with Gasteiger partial charge in [-0.05, 0) is 87.7 Å². The molecule has 4 amide bonds. The number of anilines is 2. The molecule has 0 heterocycles. The number of urea groups is 2. The fourth-order valence-electron chi connectivity index (χ4n) is 4.11. The number of benzene rings is 4. The zero-order chi connectivity index (χ0) is 26.1. The lowest BCUT2D eigenvalue weighted by Crippen LogP contribution is -2.43. The van der Waals surface area contributed by atoms with E-state index in [1.54, 1.807) is 0 Å². The van der Waals surface area contributed by atoms with Gasteiger partial charge >= 0.3 is 12.1 Å². The lowest BCUT2D eigenvalue weighted by molar-refractivity contribution is 0.242. The van der Waals surface area contributed by atoms with Crippen molar-refractivity contribution in [2.75, 3.05) is 10.6 Å². The highest BCUT2D eigenvalue weighted by molar-refractivity contribution is 6.05. The first-order valence-electron chi connectivity index (χ1n) is 12.1. The molecule has 0 fully saturated rings. The molecule has 0 aliphatic rings. The van der Waals surface area contributed by atoms with Crippen LogP contribution in [0.15, 0.2) is 72.8 Å². The summed E-state index contributed by atoms with van der Waals surface area (Å²) in [5, 5.41) is 15.9. The summed E-state index contributed by atoms with van der Waals surface area (Å²) in [4.78, 5) is 25.0. The van der Waals surface area contributed by atoms with Gasteiger partial charge in [0, 0.05) is 21.9 Å². The van der Waals surface area contributed by atoms with Crippen LogP contribution >= 0.6 is 0 Å². The predicted octanol–water partition coefficient (Wildman–Crippen LogP) is 7.50. The van der Waals surface area contributed by atoms with Crippen LogP contribution in [0, 0.1) is 0 Å². The first-order chi connectivity index (χ1) is 16.9. The van der Waals surface area contributed by atoms with E-state index in [1.165, 1.54) is 0 Å². The molecular weight excluding hydrogens is 448 g/mol. The van der Waals surface area contributed by atoms with Crippen LogP contribution in [0.25, 0.3) is 32.7 Å². The molecule has 4 N–H and O–H groups in total. The van der Waals surface area contributed by atoms with Gasteiger partial charge in [0.05, 0.1) is 11.4 Å². The molecule has 0 atom stereocenters. The van der Waals surface area contributed by atoms with Crippen molar-refractivity contribution in [1.29, 1.82) is 0 Å². The van der Waals surface area contributed by atoms with E-state index in [0.717, 1.165) is 44.0 Å². The number of nitrogens with one attached hydrogen (secondary N) is 4. The molecule has 0 aliphatic carbocycles. The zero-order valence-electron chi connectivity index (χ0n) is 21.7. The van der Waals surface area contributed by atoms with Gasteiger partial charge in [0.15, 0.2) is 0 Å². The average molecular weight is 483 g/mol. The fourth-order valence-corrected chi connectivity index (χ4v) is 4.11. The molecule has 186 valence electrons. The molecule has 0 aliphatic heterocycles. The van der Waals surface area contributed by atoms with Crippen molar-refractivity contribution in [2.24, 2.45) is 0 Å². The molecule has 4 aromatic carbocycles. The van der Waals surface area contributed by atoms with Crippen molar-refractivity contribution in [3.8, 4) is 11.1 Å². The number of carbonyl (C=O) groups excluding carboxylic acids is 2. The van der Waals surface area contributed by atoms with E-state index in [9.17, 15) is 9.59 Å². The Hall–Kier alpha value is -4.06. The molecule has 0 radical (unpaired) electrons. The molecule has 0 aromatic heterocycles. The van der Waals surface area contributed by atoms with Gasteiger partial charge in [-0.2, -0.15) is 0 Å². The third kappa shape index (κ3) is 6.13. The normalized spacial score (nSPS) is 11.8. The van der Waals surface area contributed by atoms with Crippen molar-refractivity contribution in [3.05, 3.63) is 72.8 Å². The highest BCUT2D eigenvalue weighted by atomic mass is 16.2. The molecule has 36 heavy (non-hydrogen) atoms. The number of hydrogen-bond donors (Lipinski definition) is 4. The van der Waals surface area contributed by atoms with E-state index >= 15 is 0 Å². The second-order valence-electron chi connectivity index (χ2n) is 11.1. The summed E-state index contributed by atoms with van der Waals surface area (Å²) in [6.45, 7) is 11.7. The van der Waals surface area contributed by atoms with Gasteiger partial charge < -0.3 is 21.3 Å². The molecule has 4 aromatic rings. The lowest BCUT2D eigenvalue weighted by atomic mass is 9.97. The van der Waals surface area contributed by atoms with Crippen molar-refractivity contribution < 1.29 is 9.59 Å². The first kappa shape index (κ1) is 25.0. The third-order valence-electron chi connectivity index (χ3n) is 5.57. The van der Waals surface area contributed by atoms with E-state index in [1.807, 2.05) is 77.9 Å². The maximum Gasteiger partial charge on any atom is 0.319 e. The van der Waals surface area contributed by atoms with Crippen LogP contribution in [0.5, 0.6) is 0 Å². The third-order valence-corrected chi connectivity index (χ3v) is 5.57. The topological polar surface area (TPSA) is 82.3 Å². The summed E-state index contributed by atoms with van der Waals surface area (Å²) < 4.78 is 0. The van der Waals surface area contributed by atoms with Crippen LogP contribution in [0.2, 0.25) is 0 Å². The maximum atomic E-state index is 12.5. The van der Waals surface area contributed by atoms with Gasteiger partial charge in [-0.25, -0.2) is 9.59 Å². The Bertz CT molecular complexity index is 1330. The zero-order valence-corrected chi connectivity index (χ0v) is 21.7. The minimum Gasteiger partial charge on any atom is -0.333 e. The molecule has 0 bridgehead atoms. The van der Waals surface area contributed by atoms with E-state index in [2.05, 4.69) is 57.7 Å². The quantitative estimate of drug-likeness (QED) is 0.244. The number of carbonyl (C=O) groups is 2. The molecular formula is C30H34N4O2. The Morgan fingerprint density at radius 1 is 0.556 bits per heavy atom. The van der Waals surface area contributed by atoms with E-state index in [0.29, 0.717) is 0 Å². The Morgan fingerprint density at radius 2 is 0.944 bits per heavy atom. The molecule has 4 rings (SSSR count). The number of amides is 4. The van der Waals surface area contributed by atoms with Crippen molar-refractivity contribution in [3.63, 3.8) is 0 Å². The summed E-state index contributed by atoms with van der Waals surface area (Å²) >= 11 is 0. The van der Waals surface area contributed by atoms with Crippen LogP contribution < -0.4 is 21.3 Å². The standard InChI is InChI=1S/C30H34N4O2/c1-29(2,3)33-27(35)31-25-11-7-9-19-13-15-21(17-23(19)25)22-16-14-20-10-8-12-26(24(20)18-22)32-28(36)34-30(4,5)6/h7-18H,1-6H3,(H2,31,33,35)(H2,32,34,36). The highest BCUT2D eigenvalue weighted by Crippen LogP contribution is 2.33. The van der Waals surface area contributed by atoms with Gasteiger partial charge in [0.25, 0.3) is 0 Å². The lowest BCUT2D eigenvalue weighted by Gasteiger charge is -2.21. The Morgan fingerprint density at radius 3 is 1.31 bits per heavy atom. The Labute approximate surface area is 212 Å². The molecule has 6 nitrogen and oxygen atoms in total. The van der Waals surface area contributed by atoms with E-state index in [-0.39, 0.29) is 23.1 Å². The number of rotatable bonds is 3. The highest BCUT2D eigenvalue weighted by Gasteiger charge is 2.16. The smallest absolute Gasteiger partial charge is 0.319 e. The van der Waals surface area contributed by atoms with Gasteiger partial charge in [-0.1, -0.05) is 48.5 Å². The predicted molar refractivity (Wildman–Crippen MR) is 151 cm³/mol. The van der Waals surface area contributed by atoms with E-state index in [4.69, 9.17) is 0 Å². The minimum atomic E-state index is -0.333. The summed E-state index contributed by atoms with van der Waals surface area (Å²) in [5.41, 5.74) is 2.87. The number of hydrogen-bond acceptors (Lipinski definition) is 2. The molecule has 0 saturated carbocycles. The minimum absolute atomic E-state index is 0.240. The van der Waals surface area contributed by atoms with Gasteiger partial charge in [0.2, 0.25) is 0 Å². The van der Waals surface area contributed by atoms with Crippen LogP contribution in [0.1, 0.15) is 41.5 Å². The maximum absolute atomic E-state index is 12.5. The van der Waals surface area contributed by atoms with Crippen molar-refractivity contribution in [1.82, 2.24) is 10.6 Å². The molecule has 0 unspecified atom stereocenters. The molecule has 6 heteroatoms. The summed E-state index contributed by atoms with van der Waals surface area (Å²) in [6, 6.07) is 23.7. The Kier molecular flexibility index (Phi) is 6.63. The Balaban J connectivity index is 1.70. The number of fused-ring (bicyclic) bond motifs is 2. The van der Waals surface area contributed by atoms with Crippen molar-refractivity contribution >= 4 is 45.0 Å². The average Bonchev–Trinajstić information content (AvgIpc) is 2.76. The van der Waals surface area contributed by atoms with Crippen LogP contribution in [-0.4, -0.2) is 23.1 Å². The largest absolute Gasteiger partial charge is 0.333 e. The second-order valence-corrected chi connectivity index (χ2v) is 11.1. The van der Waals surface area contributed by atoms with Gasteiger partial charge in [-0.3, -0.25) is 0 Å². The summed E-state index contributed by atoms with van der Waals surface area (Å²) in [5.74, 6) is 0.